The molecule has 1 saturated heterocycles. The van der Waals surface area contributed by atoms with Crippen LogP contribution in [0.2, 0.25) is 6.32 Å². The summed E-state index contributed by atoms with van der Waals surface area (Å²) < 4.78 is 16.9. The van der Waals surface area contributed by atoms with Gasteiger partial charge in [-0.2, -0.15) is 0 Å². The minimum absolute atomic E-state index is 0.185. The molecule has 22 heavy (non-hydrogen) atoms. The molecule has 120 valence electrons. The van der Waals surface area contributed by atoms with E-state index in [2.05, 4.69) is 27.7 Å². The molecule has 0 atom stereocenters. The highest BCUT2D eigenvalue weighted by atomic mass is 16.7. The van der Waals surface area contributed by atoms with Gasteiger partial charge >= 0.3 is 13.1 Å². The van der Waals surface area contributed by atoms with Gasteiger partial charge in [0.05, 0.1) is 23.4 Å². The molecule has 1 heterocycles. The van der Waals surface area contributed by atoms with Crippen LogP contribution in [0.25, 0.3) is 0 Å². The average Bonchev–Trinajstić information content (AvgIpc) is 2.65. The Morgan fingerprint density at radius 1 is 1.09 bits per heavy atom. The molecule has 0 amide bonds. The Bertz CT molecular complexity index is 506. The van der Waals surface area contributed by atoms with Crippen LogP contribution in [0, 0.1) is 0 Å². The molecule has 1 fully saturated rings. The summed E-state index contributed by atoms with van der Waals surface area (Å²) in [5, 5.41) is 0. The number of carbonyl (C=O) groups excluding carboxylic acids is 1. The zero-order chi connectivity index (χ0) is 16.4. The Morgan fingerprint density at radius 2 is 1.64 bits per heavy atom. The maximum absolute atomic E-state index is 11.6. The lowest BCUT2D eigenvalue weighted by molar-refractivity contribution is 0.00578. The predicted octanol–water partition coefficient (Wildman–Crippen LogP) is 3.50. The van der Waals surface area contributed by atoms with Gasteiger partial charge in [0.2, 0.25) is 0 Å². The zero-order valence-electron chi connectivity index (χ0n) is 14.1. The second-order valence-corrected chi connectivity index (χ2v) is 6.64. The molecular formula is C17H25BO4. The van der Waals surface area contributed by atoms with Crippen LogP contribution in [0.3, 0.4) is 0 Å². The van der Waals surface area contributed by atoms with E-state index in [1.807, 2.05) is 12.1 Å². The van der Waals surface area contributed by atoms with E-state index in [4.69, 9.17) is 14.0 Å². The summed E-state index contributed by atoms with van der Waals surface area (Å²) in [6, 6.07) is 7.52. The highest BCUT2D eigenvalue weighted by molar-refractivity contribution is 6.45. The van der Waals surface area contributed by atoms with Gasteiger partial charge in [-0.05, 0) is 65.1 Å². The molecule has 4 nitrogen and oxygen atoms in total. The number of benzene rings is 1. The molecule has 0 unspecified atom stereocenters. The van der Waals surface area contributed by atoms with E-state index in [-0.39, 0.29) is 24.3 Å². The lowest BCUT2D eigenvalue weighted by atomic mass is 9.81. The third kappa shape index (κ3) is 3.71. The van der Waals surface area contributed by atoms with Crippen LogP contribution in [-0.4, -0.2) is 30.9 Å². The lowest BCUT2D eigenvalue weighted by Crippen LogP contribution is -2.41. The Labute approximate surface area is 133 Å². The topological polar surface area (TPSA) is 44.8 Å². The molecule has 1 aromatic carbocycles. The fourth-order valence-electron chi connectivity index (χ4n) is 2.39. The van der Waals surface area contributed by atoms with Crippen LogP contribution < -0.4 is 0 Å². The molecule has 0 aromatic heterocycles. The normalized spacial score (nSPS) is 19.2. The number of esters is 1. The summed E-state index contributed by atoms with van der Waals surface area (Å²) in [7, 11) is -0.185. The van der Waals surface area contributed by atoms with Crippen molar-refractivity contribution in [1.82, 2.24) is 0 Å². The Balaban J connectivity index is 1.89. The molecule has 0 saturated carbocycles. The van der Waals surface area contributed by atoms with E-state index in [0.717, 1.165) is 18.3 Å². The maximum atomic E-state index is 11.6. The minimum Gasteiger partial charge on any atom is -0.462 e. The van der Waals surface area contributed by atoms with E-state index >= 15 is 0 Å². The highest BCUT2D eigenvalue weighted by Gasteiger charge is 2.50. The first kappa shape index (κ1) is 17.0. The van der Waals surface area contributed by atoms with Gasteiger partial charge in [-0.3, -0.25) is 0 Å². The summed E-state index contributed by atoms with van der Waals surface area (Å²) in [5.74, 6) is -0.278. The van der Waals surface area contributed by atoms with Gasteiger partial charge < -0.3 is 14.0 Å². The first-order valence-corrected chi connectivity index (χ1v) is 7.87. The van der Waals surface area contributed by atoms with Crippen molar-refractivity contribution >= 4 is 13.1 Å². The molecule has 1 aromatic rings. The summed E-state index contributed by atoms with van der Waals surface area (Å²) in [4.78, 5) is 11.6. The van der Waals surface area contributed by atoms with E-state index in [1.54, 1.807) is 19.1 Å². The quantitative estimate of drug-likeness (QED) is 0.617. The van der Waals surface area contributed by atoms with Crippen LogP contribution in [0.5, 0.6) is 0 Å². The smallest absolute Gasteiger partial charge is 0.458 e. The number of aryl methyl sites for hydroxylation is 1. The Morgan fingerprint density at radius 3 is 2.14 bits per heavy atom. The second-order valence-electron chi connectivity index (χ2n) is 6.64. The molecule has 1 aliphatic rings. The molecule has 2 rings (SSSR count). The van der Waals surface area contributed by atoms with Crippen molar-refractivity contribution in [2.75, 3.05) is 6.61 Å². The van der Waals surface area contributed by atoms with Crippen molar-refractivity contribution in [2.24, 2.45) is 0 Å². The van der Waals surface area contributed by atoms with Crippen LogP contribution in [0.4, 0.5) is 0 Å². The van der Waals surface area contributed by atoms with Crippen LogP contribution in [0.1, 0.15) is 50.5 Å². The summed E-state index contributed by atoms with van der Waals surface area (Å²) >= 11 is 0. The fraction of sp³-hybridized carbons (Fsp3) is 0.588. The van der Waals surface area contributed by atoms with E-state index < -0.39 is 0 Å². The van der Waals surface area contributed by atoms with Gasteiger partial charge in [0.1, 0.15) is 0 Å². The number of hydrogen-bond acceptors (Lipinski definition) is 4. The molecule has 0 spiro atoms. The molecule has 1 aliphatic heterocycles. The molecular weight excluding hydrogens is 279 g/mol. The van der Waals surface area contributed by atoms with Gasteiger partial charge in [-0.1, -0.05) is 12.1 Å². The molecule has 0 radical (unpaired) electrons. The summed E-state index contributed by atoms with van der Waals surface area (Å²) in [6.07, 6.45) is 1.64. The standard InChI is InChI=1S/C17H25BO4/c1-6-20-15(19)14-9-7-13(8-10-14)11-12-18-21-16(2,3)17(4,5)22-18/h7-10H,6,11-12H2,1-5H3. The lowest BCUT2D eigenvalue weighted by Gasteiger charge is -2.32. The predicted molar refractivity (Wildman–Crippen MR) is 87.0 cm³/mol. The van der Waals surface area contributed by atoms with Crippen LogP contribution in [-0.2, 0) is 20.5 Å². The second kappa shape index (κ2) is 6.43. The highest BCUT2D eigenvalue weighted by Crippen LogP contribution is 2.37. The monoisotopic (exact) mass is 304 g/mol. The number of hydrogen-bond donors (Lipinski definition) is 0. The maximum Gasteiger partial charge on any atom is 0.458 e. The van der Waals surface area contributed by atoms with Gasteiger partial charge in [0, 0.05) is 0 Å². The van der Waals surface area contributed by atoms with E-state index in [1.165, 1.54) is 0 Å². The van der Waals surface area contributed by atoms with Crippen LogP contribution >= 0.6 is 0 Å². The van der Waals surface area contributed by atoms with Crippen LogP contribution in [0.15, 0.2) is 24.3 Å². The molecule has 5 heteroatoms. The Hall–Kier alpha value is -1.33. The van der Waals surface area contributed by atoms with Gasteiger partial charge in [0.15, 0.2) is 0 Å². The van der Waals surface area contributed by atoms with Crippen molar-refractivity contribution in [1.29, 1.82) is 0 Å². The van der Waals surface area contributed by atoms with Gasteiger partial charge in [-0.15, -0.1) is 0 Å². The Kier molecular flexibility index (Phi) is 4.98. The zero-order valence-corrected chi connectivity index (χ0v) is 14.1. The molecule has 0 aliphatic carbocycles. The summed E-state index contributed by atoms with van der Waals surface area (Å²) in [6.45, 7) is 10.4. The van der Waals surface area contributed by atoms with Crippen molar-refractivity contribution in [3.8, 4) is 0 Å². The summed E-state index contributed by atoms with van der Waals surface area (Å²) in [5.41, 5.74) is 1.17. The number of rotatable bonds is 5. The molecule has 0 bridgehead atoms. The van der Waals surface area contributed by atoms with Gasteiger partial charge in [-0.25, -0.2) is 4.79 Å². The number of ether oxygens (including phenoxy) is 1. The largest absolute Gasteiger partial charge is 0.462 e. The van der Waals surface area contributed by atoms with Crippen molar-refractivity contribution in [2.45, 2.75) is 58.6 Å². The minimum atomic E-state index is -0.286. The third-order valence-electron chi connectivity index (χ3n) is 4.44. The van der Waals surface area contributed by atoms with E-state index in [0.29, 0.717) is 12.2 Å². The van der Waals surface area contributed by atoms with Crippen molar-refractivity contribution < 1.29 is 18.8 Å². The fourth-order valence-corrected chi connectivity index (χ4v) is 2.39. The first-order valence-electron chi connectivity index (χ1n) is 7.87. The number of carbonyl (C=O) groups is 1. The SMILES string of the molecule is CCOC(=O)c1ccc(CCB2OC(C)(C)C(C)(C)O2)cc1. The van der Waals surface area contributed by atoms with Crippen molar-refractivity contribution in [3.63, 3.8) is 0 Å². The first-order chi connectivity index (χ1) is 10.2. The van der Waals surface area contributed by atoms with Crippen molar-refractivity contribution in [3.05, 3.63) is 35.4 Å². The van der Waals surface area contributed by atoms with Gasteiger partial charge in [0.25, 0.3) is 0 Å². The average molecular weight is 304 g/mol. The van der Waals surface area contributed by atoms with E-state index in [9.17, 15) is 4.79 Å². The molecule has 0 N–H and O–H groups in total. The third-order valence-corrected chi connectivity index (χ3v) is 4.44.